The van der Waals surface area contributed by atoms with Crippen LogP contribution in [0.3, 0.4) is 0 Å². The van der Waals surface area contributed by atoms with Gasteiger partial charge in [0.15, 0.2) is 0 Å². The third-order valence-electron chi connectivity index (χ3n) is 2.41. The van der Waals surface area contributed by atoms with Gasteiger partial charge in [-0.15, -0.1) is 0 Å². The van der Waals surface area contributed by atoms with Crippen molar-refractivity contribution >= 4 is 0 Å². The predicted octanol–water partition coefficient (Wildman–Crippen LogP) is 2.71. The second-order valence-electron chi connectivity index (χ2n) is 3.46. The van der Waals surface area contributed by atoms with E-state index < -0.39 is 0 Å². The van der Waals surface area contributed by atoms with Crippen LogP contribution in [0.5, 0.6) is 5.75 Å². The summed E-state index contributed by atoms with van der Waals surface area (Å²) in [6.07, 6.45) is 2.61. The molecule has 0 saturated heterocycles. The van der Waals surface area contributed by atoms with Crippen LogP contribution in [0.25, 0.3) is 0 Å². The van der Waals surface area contributed by atoms with Crippen molar-refractivity contribution in [3.63, 3.8) is 0 Å². The lowest BCUT2D eigenvalue weighted by atomic mass is 10.1. The molecule has 0 N–H and O–H groups in total. The first kappa shape index (κ1) is 7.66. The Labute approximate surface area is 73.4 Å². The molecule has 0 spiro atoms. The van der Waals surface area contributed by atoms with E-state index in [1.165, 1.54) is 11.1 Å². The van der Waals surface area contributed by atoms with Gasteiger partial charge in [-0.2, -0.15) is 0 Å². The van der Waals surface area contributed by atoms with E-state index in [0.29, 0.717) is 6.10 Å². The van der Waals surface area contributed by atoms with Gasteiger partial charge < -0.3 is 4.74 Å². The van der Waals surface area contributed by atoms with Gasteiger partial charge in [-0.3, -0.25) is 0 Å². The highest BCUT2D eigenvalue weighted by Gasteiger charge is 2.20. The number of hydrogen-bond donors (Lipinski definition) is 0. The van der Waals surface area contributed by atoms with E-state index in [0.717, 1.165) is 18.6 Å². The second-order valence-corrected chi connectivity index (χ2v) is 3.46. The first-order valence-electron chi connectivity index (χ1n) is 4.56. The third kappa shape index (κ3) is 1.20. The fourth-order valence-corrected chi connectivity index (χ4v) is 1.68. The van der Waals surface area contributed by atoms with E-state index in [1.54, 1.807) is 0 Å². The molecule has 0 bridgehead atoms. The minimum atomic E-state index is 0.418. The van der Waals surface area contributed by atoms with Crippen molar-refractivity contribution in [1.29, 1.82) is 0 Å². The quantitative estimate of drug-likeness (QED) is 0.617. The van der Waals surface area contributed by atoms with E-state index in [9.17, 15) is 0 Å². The molecule has 0 aromatic heterocycles. The molecular weight excluding hydrogens is 148 g/mol. The summed E-state index contributed by atoms with van der Waals surface area (Å²) in [5.74, 6) is 1.09. The van der Waals surface area contributed by atoms with Crippen LogP contribution in [-0.4, -0.2) is 6.10 Å². The maximum absolute atomic E-state index is 5.71. The Morgan fingerprint density at radius 2 is 2.33 bits per heavy atom. The molecule has 1 aromatic carbocycles. The molecule has 1 unspecified atom stereocenters. The number of benzene rings is 1. The Balaban J connectivity index is 2.30. The zero-order valence-electron chi connectivity index (χ0n) is 7.63. The van der Waals surface area contributed by atoms with Crippen molar-refractivity contribution in [2.75, 3.05) is 0 Å². The van der Waals surface area contributed by atoms with Crippen LogP contribution in [0.1, 0.15) is 24.5 Å². The Morgan fingerprint density at radius 3 is 3.08 bits per heavy atom. The zero-order chi connectivity index (χ0) is 8.55. The second kappa shape index (κ2) is 2.81. The summed E-state index contributed by atoms with van der Waals surface area (Å²) >= 11 is 0. The van der Waals surface area contributed by atoms with Gasteiger partial charge in [-0.1, -0.05) is 24.6 Å². The summed E-state index contributed by atoms with van der Waals surface area (Å²) in [4.78, 5) is 0. The lowest BCUT2D eigenvalue weighted by Crippen LogP contribution is -2.10. The Hall–Kier alpha value is -0.980. The standard InChI is InChI=1S/C11H14O/c1-3-10-7-9-6-8(2)4-5-11(9)12-10/h4-6,10H,3,7H2,1-2H3. The van der Waals surface area contributed by atoms with Crippen LogP contribution in [0.15, 0.2) is 18.2 Å². The largest absolute Gasteiger partial charge is 0.490 e. The molecule has 1 heteroatoms. The van der Waals surface area contributed by atoms with Gasteiger partial charge in [0.2, 0.25) is 0 Å². The molecular formula is C11H14O. The van der Waals surface area contributed by atoms with E-state index in [1.807, 2.05) is 0 Å². The molecule has 0 amide bonds. The summed E-state index contributed by atoms with van der Waals surface area (Å²) in [6, 6.07) is 6.42. The maximum Gasteiger partial charge on any atom is 0.123 e. The first-order chi connectivity index (χ1) is 5.79. The fourth-order valence-electron chi connectivity index (χ4n) is 1.68. The number of hydrogen-bond acceptors (Lipinski definition) is 1. The van der Waals surface area contributed by atoms with Crippen LogP contribution in [0.2, 0.25) is 0 Å². The van der Waals surface area contributed by atoms with Gasteiger partial charge >= 0.3 is 0 Å². The minimum absolute atomic E-state index is 0.418. The van der Waals surface area contributed by atoms with Gasteiger partial charge in [-0.25, -0.2) is 0 Å². The van der Waals surface area contributed by atoms with E-state index >= 15 is 0 Å². The maximum atomic E-state index is 5.71. The number of ether oxygens (including phenoxy) is 1. The lowest BCUT2D eigenvalue weighted by Gasteiger charge is -2.05. The summed E-state index contributed by atoms with van der Waals surface area (Å²) in [6.45, 7) is 4.29. The van der Waals surface area contributed by atoms with Crippen molar-refractivity contribution in [2.45, 2.75) is 32.8 Å². The highest BCUT2D eigenvalue weighted by atomic mass is 16.5. The van der Waals surface area contributed by atoms with Crippen LogP contribution in [-0.2, 0) is 6.42 Å². The first-order valence-corrected chi connectivity index (χ1v) is 4.56. The molecule has 2 rings (SSSR count). The third-order valence-corrected chi connectivity index (χ3v) is 2.41. The van der Waals surface area contributed by atoms with Crippen LogP contribution < -0.4 is 4.74 Å². The molecule has 1 aliphatic heterocycles. The molecule has 12 heavy (non-hydrogen) atoms. The van der Waals surface area contributed by atoms with Crippen LogP contribution in [0.4, 0.5) is 0 Å². The van der Waals surface area contributed by atoms with Crippen LogP contribution in [0, 0.1) is 6.92 Å². The average Bonchev–Trinajstić information content (AvgIpc) is 2.46. The van der Waals surface area contributed by atoms with E-state index in [4.69, 9.17) is 4.74 Å². The Kier molecular flexibility index (Phi) is 1.80. The van der Waals surface area contributed by atoms with Crippen molar-refractivity contribution in [3.8, 4) is 5.75 Å². The summed E-state index contributed by atoms with van der Waals surface area (Å²) in [5, 5.41) is 0. The van der Waals surface area contributed by atoms with E-state index in [-0.39, 0.29) is 0 Å². The minimum Gasteiger partial charge on any atom is -0.490 e. The van der Waals surface area contributed by atoms with Crippen molar-refractivity contribution in [2.24, 2.45) is 0 Å². The molecule has 1 heterocycles. The molecule has 1 atom stereocenters. The zero-order valence-corrected chi connectivity index (χ0v) is 7.63. The molecule has 1 aliphatic rings. The fraction of sp³-hybridized carbons (Fsp3) is 0.455. The molecule has 1 nitrogen and oxygen atoms in total. The topological polar surface area (TPSA) is 9.23 Å². The summed E-state index contributed by atoms with van der Waals surface area (Å²) in [7, 11) is 0. The Bertz CT molecular complexity index is 291. The highest BCUT2D eigenvalue weighted by molar-refractivity contribution is 5.40. The molecule has 0 radical (unpaired) electrons. The van der Waals surface area contributed by atoms with Gasteiger partial charge in [0, 0.05) is 6.42 Å². The normalized spacial score (nSPS) is 20.3. The number of rotatable bonds is 1. The highest BCUT2D eigenvalue weighted by Crippen LogP contribution is 2.30. The summed E-state index contributed by atoms with van der Waals surface area (Å²) in [5.41, 5.74) is 2.70. The van der Waals surface area contributed by atoms with Crippen molar-refractivity contribution in [1.82, 2.24) is 0 Å². The van der Waals surface area contributed by atoms with Gasteiger partial charge in [-0.05, 0) is 25.0 Å². The van der Waals surface area contributed by atoms with Gasteiger partial charge in [0.05, 0.1) is 0 Å². The molecule has 64 valence electrons. The van der Waals surface area contributed by atoms with Crippen LogP contribution >= 0.6 is 0 Å². The SMILES string of the molecule is CCC1Cc2cc(C)ccc2O1. The monoisotopic (exact) mass is 162 g/mol. The lowest BCUT2D eigenvalue weighted by molar-refractivity contribution is 0.228. The average molecular weight is 162 g/mol. The molecule has 0 saturated carbocycles. The predicted molar refractivity (Wildman–Crippen MR) is 49.6 cm³/mol. The smallest absolute Gasteiger partial charge is 0.123 e. The molecule has 0 fully saturated rings. The summed E-state index contributed by atoms with van der Waals surface area (Å²) < 4.78 is 5.71. The van der Waals surface area contributed by atoms with Gasteiger partial charge in [0.25, 0.3) is 0 Å². The number of aryl methyl sites for hydroxylation is 1. The number of fused-ring (bicyclic) bond motifs is 1. The van der Waals surface area contributed by atoms with E-state index in [2.05, 4.69) is 32.0 Å². The van der Waals surface area contributed by atoms with Crippen molar-refractivity contribution in [3.05, 3.63) is 29.3 Å². The van der Waals surface area contributed by atoms with Gasteiger partial charge in [0.1, 0.15) is 11.9 Å². The van der Waals surface area contributed by atoms with Crippen molar-refractivity contribution < 1.29 is 4.74 Å². The molecule has 1 aromatic rings. The molecule has 0 aliphatic carbocycles. The Morgan fingerprint density at radius 1 is 1.50 bits per heavy atom.